The predicted octanol–water partition coefficient (Wildman–Crippen LogP) is 2.82. The number of H-pyrrole nitrogens is 1. The van der Waals surface area contributed by atoms with Crippen molar-refractivity contribution in [1.29, 1.82) is 0 Å². The number of aromatic nitrogens is 2. The van der Waals surface area contributed by atoms with Crippen LogP contribution in [0, 0.1) is 0 Å². The van der Waals surface area contributed by atoms with E-state index in [0.29, 0.717) is 0 Å². The Hall–Kier alpha value is -2.88. The van der Waals surface area contributed by atoms with Gasteiger partial charge < -0.3 is 5.73 Å². The third-order valence-corrected chi connectivity index (χ3v) is 4.57. The van der Waals surface area contributed by atoms with Gasteiger partial charge in [0.05, 0.1) is 5.69 Å². The largest absolute Gasteiger partial charge is 0.369 e. The molecule has 0 saturated carbocycles. The van der Waals surface area contributed by atoms with Crippen LogP contribution in [0.2, 0.25) is 0 Å². The van der Waals surface area contributed by atoms with E-state index in [0.717, 1.165) is 23.2 Å². The monoisotopic (exact) mass is 303 g/mol. The highest BCUT2D eigenvalue weighted by molar-refractivity contribution is 5.46. The number of nitrogens with one attached hydrogen (secondary N) is 1. The van der Waals surface area contributed by atoms with Crippen LogP contribution in [-0.2, 0) is 6.42 Å². The number of benzene rings is 2. The Labute approximate surface area is 134 Å². The van der Waals surface area contributed by atoms with E-state index < -0.39 is 0 Å². The Morgan fingerprint density at radius 1 is 0.957 bits per heavy atom. The smallest absolute Gasteiger partial charge is 0.256 e. The average molecular weight is 303 g/mol. The molecule has 4 heteroatoms. The third kappa shape index (κ3) is 2.32. The fourth-order valence-corrected chi connectivity index (χ4v) is 3.62. The van der Waals surface area contributed by atoms with E-state index in [1.54, 1.807) is 0 Å². The second-order valence-electron chi connectivity index (χ2n) is 5.92. The highest BCUT2D eigenvalue weighted by Gasteiger charge is 2.37. The molecular formula is C19H17N3O. The number of hydrogen-bond donors (Lipinski definition) is 2. The topological polar surface area (TPSA) is 71.8 Å². The van der Waals surface area contributed by atoms with Crippen LogP contribution < -0.4 is 11.3 Å². The molecule has 0 bridgehead atoms. The molecule has 1 aromatic heterocycles. The molecular weight excluding hydrogens is 286 g/mol. The summed E-state index contributed by atoms with van der Waals surface area (Å²) in [5, 5.41) is 0. The quantitative estimate of drug-likeness (QED) is 0.764. The first-order valence-corrected chi connectivity index (χ1v) is 7.72. The normalized spacial score (nSPS) is 19.5. The summed E-state index contributed by atoms with van der Waals surface area (Å²) in [7, 11) is 0. The Morgan fingerprint density at radius 3 is 2.22 bits per heavy atom. The maximum atomic E-state index is 12.5. The fourth-order valence-electron chi connectivity index (χ4n) is 3.62. The maximum Gasteiger partial charge on any atom is 0.256 e. The molecule has 4 rings (SSSR count). The second-order valence-corrected chi connectivity index (χ2v) is 5.92. The van der Waals surface area contributed by atoms with Crippen LogP contribution in [0.25, 0.3) is 0 Å². The molecule has 23 heavy (non-hydrogen) atoms. The number of nitrogens with zero attached hydrogens (tertiary/aromatic N) is 1. The number of aromatic amines is 1. The van der Waals surface area contributed by atoms with Crippen LogP contribution in [0.4, 0.5) is 5.95 Å². The van der Waals surface area contributed by atoms with Crippen molar-refractivity contribution in [2.45, 2.75) is 18.3 Å². The van der Waals surface area contributed by atoms with E-state index >= 15 is 0 Å². The van der Waals surface area contributed by atoms with Crippen molar-refractivity contribution in [1.82, 2.24) is 9.97 Å². The van der Waals surface area contributed by atoms with E-state index in [1.165, 1.54) is 5.56 Å². The highest BCUT2D eigenvalue weighted by Crippen LogP contribution is 2.45. The molecule has 0 spiro atoms. The van der Waals surface area contributed by atoms with Gasteiger partial charge in [-0.2, -0.15) is 0 Å². The summed E-state index contributed by atoms with van der Waals surface area (Å²) in [5.41, 5.74) is 9.53. The molecule has 0 unspecified atom stereocenters. The lowest BCUT2D eigenvalue weighted by Gasteiger charge is -2.20. The van der Waals surface area contributed by atoms with Gasteiger partial charge in [0.2, 0.25) is 5.95 Å². The molecule has 1 aliphatic rings. The Kier molecular flexibility index (Phi) is 3.23. The molecule has 114 valence electrons. The molecule has 1 aliphatic carbocycles. The first-order chi connectivity index (χ1) is 11.2. The minimum atomic E-state index is -0.125. The second kappa shape index (κ2) is 5.39. The first-order valence-electron chi connectivity index (χ1n) is 7.72. The van der Waals surface area contributed by atoms with Gasteiger partial charge in [-0.3, -0.25) is 9.78 Å². The number of rotatable bonds is 2. The van der Waals surface area contributed by atoms with Gasteiger partial charge in [0.1, 0.15) is 0 Å². The lowest BCUT2D eigenvalue weighted by molar-refractivity contribution is 0.652. The number of anilines is 1. The third-order valence-electron chi connectivity index (χ3n) is 4.57. The highest BCUT2D eigenvalue weighted by atomic mass is 16.1. The number of fused-ring (bicyclic) bond motifs is 1. The Morgan fingerprint density at radius 2 is 1.57 bits per heavy atom. The summed E-state index contributed by atoms with van der Waals surface area (Å²) in [6.45, 7) is 0. The minimum Gasteiger partial charge on any atom is -0.369 e. The maximum absolute atomic E-state index is 12.5. The molecule has 1 heterocycles. The summed E-state index contributed by atoms with van der Waals surface area (Å²) in [6, 6.07) is 20.5. The molecule has 3 aromatic rings. The van der Waals surface area contributed by atoms with Gasteiger partial charge >= 0.3 is 0 Å². The van der Waals surface area contributed by atoms with Crippen LogP contribution in [0.15, 0.2) is 65.5 Å². The van der Waals surface area contributed by atoms with Gasteiger partial charge in [-0.15, -0.1) is 0 Å². The van der Waals surface area contributed by atoms with Crippen molar-refractivity contribution in [2.75, 3.05) is 5.73 Å². The number of nitrogens with two attached hydrogens (primary N) is 1. The van der Waals surface area contributed by atoms with Crippen LogP contribution >= 0.6 is 0 Å². The molecule has 0 aliphatic heterocycles. The van der Waals surface area contributed by atoms with E-state index in [9.17, 15) is 4.79 Å². The molecule has 0 amide bonds. The van der Waals surface area contributed by atoms with E-state index in [2.05, 4.69) is 34.2 Å². The summed E-state index contributed by atoms with van der Waals surface area (Å²) >= 11 is 0. The zero-order chi connectivity index (χ0) is 15.8. The van der Waals surface area contributed by atoms with Crippen molar-refractivity contribution in [3.63, 3.8) is 0 Å². The number of nitrogen functional groups attached to an aromatic ring is 1. The summed E-state index contributed by atoms with van der Waals surface area (Å²) < 4.78 is 0. The van der Waals surface area contributed by atoms with Crippen LogP contribution in [0.1, 0.15) is 34.2 Å². The van der Waals surface area contributed by atoms with Gasteiger partial charge in [0.25, 0.3) is 5.56 Å². The van der Waals surface area contributed by atoms with Crippen molar-refractivity contribution in [2.24, 2.45) is 0 Å². The van der Waals surface area contributed by atoms with Crippen molar-refractivity contribution in [3.05, 3.63) is 93.4 Å². The van der Waals surface area contributed by atoms with Gasteiger partial charge in [-0.05, 0) is 17.5 Å². The van der Waals surface area contributed by atoms with Crippen molar-refractivity contribution in [3.8, 4) is 0 Å². The minimum absolute atomic E-state index is 0.00505. The summed E-state index contributed by atoms with van der Waals surface area (Å²) in [6.07, 6.45) is 0.729. The van der Waals surface area contributed by atoms with Gasteiger partial charge in [-0.25, -0.2) is 4.98 Å². The zero-order valence-corrected chi connectivity index (χ0v) is 12.6. The number of hydrogen-bond acceptors (Lipinski definition) is 3. The van der Waals surface area contributed by atoms with E-state index in [-0.39, 0.29) is 23.3 Å². The molecule has 3 N–H and O–H groups in total. The standard InChI is InChI=1S/C19H17N3O/c20-19-21-15-11-14(12-7-3-1-4-8-12)16(17(15)18(23)22-19)13-9-5-2-6-10-13/h1-10,14,16H,11H2,(H3,20,21,22,23)/t14-,16+/m1/s1. The predicted molar refractivity (Wildman–Crippen MR) is 90.4 cm³/mol. The van der Waals surface area contributed by atoms with Gasteiger partial charge in [-0.1, -0.05) is 60.7 Å². The van der Waals surface area contributed by atoms with E-state index in [1.807, 2.05) is 36.4 Å². The molecule has 0 radical (unpaired) electrons. The zero-order valence-electron chi connectivity index (χ0n) is 12.6. The van der Waals surface area contributed by atoms with Crippen LogP contribution in [0.5, 0.6) is 0 Å². The van der Waals surface area contributed by atoms with Crippen molar-refractivity contribution < 1.29 is 0 Å². The molecule has 2 aromatic carbocycles. The summed E-state index contributed by atoms with van der Waals surface area (Å²) in [5.74, 6) is 0.392. The SMILES string of the molecule is Nc1nc2c(c(=O)[nH]1)[C@@H](c1ccccc1)[C@@H](c1ccccc1)C2. The molecule has 4 nitrogen and oxygen atoms in total. The molecule has 2 atom stereocenters. The molecule has 0 saturated heterocycles. The Balaban J connectivity index is 1.92. The average Bonchev–Trinajstić information content (AvgIpc) is 2.96. The lowest BCUT2D eigenvalue weighted by atomic mass is 9.82. The lowest BCUT2D eigenvalue weighted by Crippen LogP contribution is -2.20. The Bertz CT molecular complexity index is 887. The first kappa shape index (κ1) is 13.8. The van der Waals surface area contributed by atoms with Gasteiger partial charge in [0, 0.05) is 17.4 Å². The van der Waals surface area contributed by atoms with Crippen LogP contribution in [-0.4, -0.2) is 9.97 Å². The van der Waals surface area contributed by atoms with E-state index in [4.69, 9.17) is 5.73 Å². The van der Waals surface area contributed by atoms with Gasteiger partial charge in [0.15, 0.2) is 0 Å². The molecule has 0 fully saturated rings. The summed E-state index contributed by atoms with van der Waals surface area (Å²) in [4.78, 5) is 19.6. The fraction of sp³-hybridized carbons (Fsp3) is 0.158. The van der Waals surface area contributed by atoms with Crippen LogP contribution in [0.3, 0.4) is 0 Å². The van der Waals surface area contributed by atoms with Crippen molar-refractivity contribution >= 4 is 5.95 Å².